The first-order valence-corrected chi connectivity index (χ1v) is 7.56. The number of hydrogen-bond acceptors (Lipinski definition) is 4. The molecule has 0 saturated carbocycles. The molecule has 6 nitrogen and oxygen atoms in total. The van der Waals surface area contributed by atoms with Crippen LogP contribution in [0.25, 0.3) is 10.9 Å². The van der Waals surface area contributed by atoms with E-state index < -0.39 is 0 Å². The number of nitrogens with zero attached hydrogens (tertiary/aromatic N) is 2. The summed E-state index contributed by atoms with van der Waals surface area (Å²) in [5, 5.41) is 3.43. The van der Waals surface area contributed by atoms with E-state index in [-0.39, 0.29) is 24.0 Å². The Morgan fingerprint density at radius 3 is 3.09 bits per heavy atom. The van der Waals surface area contributed by atoms with Crippen LogP contribution < -0.4 is 10.9 Å². The highest BCUT2D eigenvalue weighted by Crippen LogP contribution is 2.10. The standard InChI is InChI=1S/C16H19N3O3/c20-15(17-10-12-4-3-9-22-12)7-8-19-11-18-14-6-2-1-5-13(14)16(19)21/h1-2,5-6,11-12H,3-4,7-10H2,(H,17,20). The normalized spacial score (nSPS) is 17.7. The minimum atomic E-state index is -0.113. The van der Waals surface area contributed by atoms with E-state index in [0.29, 0.717) is 24.0 Å². The van der Waals surface area contributed by atoms with E-state index in [1.165, 1.54) is 10.9 Å². The summed E-state index contributed by atoms with van der Waals surface area (Å²) in [6.07, 6.45) is 3.94. The van der Waals surface area contributed by atoms with Gasteiger partial charge in [-0.3, -0.25) is 14.2 Å². The number of amides is 1. The Morgan fingerprint density at radius 2 is 2.27 bits per heavy atom. The van der Waals surface area contributed by atoms with E-state index in [4.69, 9.17) is 4.74 Å². The van der Waals surface area contributed by atoms with Gasteiger partial charge in [-0.15, -0.1) is 0 Å². The predicted octanol–water partition coefficient (Wildman–Crippen LogP) is 1.08. The number of ether oxygens (including phenoxy) is 1. The zero-order valence-corrected chi connectivity index (χ0v) is 12.3. The van der Waals surface area contributed by atoms with Gasteiger partial charge in [-0.25, -0.2) is 4.98 Å². The number of carbonyl (C=O) groups excluding carboxylic acids is 1. The highest BCUT2D eigenvalue weighted by molar-refractivity contribution is 5.77. The third-order valence-electron chi connectivity index (χ3n) is 3.86. The Labute approximate surface area is 128 Å². The topological polar surface area (TPSA) is 73.2 Å². The molecule has 116 valence electrons. The van der Waals surface area contributed by atoms with Gasteiger partial charge in [-0.2, -0.15) is 0 Å². The van der Waals surface area contributed by atoms with E-state index in [9.17, 15) is 9.59 Å². The molecule has 0 spiro atoms. The number of carbonyl (C=O) groups is 1. The van der Waals surface area contributed by atoms with Gasteiger partial charge in [-0.1, -0.05) is 12.1 Å². The van der Waals surface area contributed by atoms with Gasteiger partial charge in [0.25, 0.3) is 5.56 Å². The van der Waals surface area contributed by atoms with Crippen LogP contribution in [0.15, 0.2) is 35.4 Å². The van der Waals surface area contributed by atoms with Crippen LogP contribution in [-0.2, 0) is 16.1 Å². The second kappa shape index (κ2) is 6.70. The first-order chi connectivity index (χ1) is 10.7. The molecule has 22 heavy (non-hydrogen) atoms. The van der Waals surface area contributed by atoms with E-state index in [1.54, 1.807) is 12.1 Å². The summed E-state index contributed by atoms with van der Waals surface area (Å²) in [5.41, 5.74) is 0.559. The summed E-state index contributed by atoms with van der Waals surface area (Å²) in [5.74, 6) is -0.0736. The maximum atomic E-state index is 12.3. The number of hydrogen-bond donors (Lipinski definition) is 1. The average Bonchev–Trinajstić information content (AvgIpc) is 3.06. The van der Waals surface area contributed by atoms with Gasteiger partial charge >= 0.3 is 0 Å². The summed E-state index contributed by atoms with van der Waals surface area (Å²) in [7, 11) is 0. The Bertz CT molecular complexity index is 720. The second-order valence-corrected chi connectivity index (χ2v) is 5.45. The maximum Gasteiger partial charge on any atom is 0.261 e. The summed E-state index contributed by atoms with van der Waals surface area (Å²) in [6, 6.07) is 7.20. The molecule has 1 aromatic carbocycles. The molecule has 1 aliphatic rings. The number of benzene rings is 1. The molecule has 0 aliphatic carbocycles. The van der Waals surface area contributed by atoms with Crippen LogP contribution in [0.3, 0.4) is 0 Å². The van der Waals surface area contributed by atoms with E-state index in [0.717, 1.165) is 19.4 Å². The maximum absolute atomic E-state index is 12.3. The van der Waals surface area contributed by atoms with Crippen molar-refractivity contribution in [2.24, 2.45) is 0 Å². The van der Waals surface area contributed by atoms with Crippen molar-refractivity contribution in [3.8, 4) is 0 Å². The van der Waals surface area contributed by atoms with Crippen LogP contribution >= 0.6 is 0 Å². The molecule has 0 radical (unpaired) electrons. The number of nitrogens with one attached hydrogen (secondary N) is 1. The molecule has 2 heterocycles. The Hall–Kier alpha value is -2.21. The molecule has 6 heteroatoms. The lowest BCUT2D eigenvalue weighted by atomic mass is 10.2. The van der Waals surface area contributed by atoms with Gasteiger partial charge in [0.2, 0.25) is 5.91 Å². The fraction of sp³-hybridized carbons (Fsp3) is 0.438. The molecule has 2 aromatic rings. The van der Waals surface area contributed by atoms with Crippen LogP contribution in [0.5, 0.6) is 0 Å². The number of fused-ring (bicyclic) bond motifs is 1. The second-order valence-electron chi connectivity index (χ2n) is 5.45. The molecule has 1 fully saturated rings. The molecule has 1 amide bonds. The summed E-state index contributed by atoms with van der Waals surface area (Å²) in [4.78, 5) is 28.4. The average molecular weight is 301 g/mol. The number of aryl methyl sites for hydroxylation is 1. The quantitative estimate of drug-likeness (QED) is 0.897. The molecule has 1 aliphatic heterocycles. The van der Waals surface area contributed by atoms with Crippen LogP contribution in [0, 0.1) is 0 Å². The fourth-order valence-corrected chi connectivity index (χ4v) is 2.61. The minimum Gasteiger partial charge on any atom is -0.376 e. The first kappa shape index (κ1) is 14.7. The zero-order valence-electron chi connectivity index (χ0n) is 12.3. The Kier molecular flexibility index (Phi) is 4.48. The molecular formula is C16H19N3O3. The predicted molar refractivity (Wildman–Crippen MR) is 82.6 cm³/mol. The summed E-state index contributed by atoms with van der Waals surface area (Å²) >= 11 is 0. The van der Waals surface area contributed by atoms with Crippen LogP contribution in [0.1, 0.15) is 19.3 Å². The molecule has 1 N–H and O–H groups in total. The van der Waals surface area contributed by atoms with E-state index in [2.05, 4.69) is 10.3 Å². The van der Waals surface area contributed by atoms with Crippen LogP contribution in [0.4, 0.5) is 0 Å². The zero-order chi connectivity index (χ0) is 15.4. The molecule has 1 aromatic heterocycles. The summed E-state index contributed by atoms with van der Waals surface area (Å²) < 4.78 is 6.93. The van der Waals surface area contributed by atoms with Crippen LogP contribution in [-0.4, -0.2) is 34.7 Å². The van der Waals surface area contributed by atoms with E-state index in [1.807, 2.05) is 12.1 Å². The highest BCUT2D eigenvalue weighted by atomic mass is 16.5. The number of rotatable bonds is 5. The third kappa shape index (κ3) is 3.33. The van der Waals surface area contributed by atoms with Crippen molar-refractivity contribution in [1.82, 2.24) is 14.9 Å². The lowest BCUT2D eigenvalue weighted by Gasteiger charge is -2.11. The van der Waals surface area contributed by atoms with Crippen molar-refractivity contribution in [2.45, 2.75) is 31.9 Å². The van der Waals surface area contributed by atoms with Crippen molar-refractivity contribution >= 4 is 16.8 Å². The smallest absolute Gasteiger partial charge is 0.261 e. The van der Waals surface area contributed by atoms with Crippen molar-refractivity contribution < 1.29 is 9.53 Å². The number of para-hydroxylation sites is 1. The Morgan fingerprint density at radius 1 is 1.41 bits per heavy atom. The highest BCUT2D eigenvalue weighted by Gasteiger charge is 2.16. The largest absolute Gasteiger partial charge is 0.376 e. The molecule has 3 rings (SSSR count). The summed E-state index contributed by atoms with van der Waals surface area (Å²) in [6.45, 7) is 1.65. The SMILES string of the molecule is O=C(CCn1cnc2ccccc2c1=O)NCC1CCCO1. The lowest BCUT2D eigenvalue weighted by Crippen LogP contribution is -2.33. The van der Waals surface area contributed by atoms with Crippen molar-refractivity contribution in [3.63, 3.8) is 0 Å². The lowest BCUT2D eigenvalue weighted by molar-refractivity contribution is -0.121. The fourth-order valence-electron chi connectivity index (χ4n) is 2.61. The molecule has 1 unspecified atom stereocenters. The Balaban J connectivity index is 1.58. The molecule has 1 atom stereocenters. The van der Waals surface area contributed by atoms with Crippen molar-refractivity contribution in [3.05, 3.63) is 40.9 Å². The molecular weight excluding hydrogens is 282 g/mol. The first-order valence-electron chi connectivity index (χ1n) is 7.56. The third-order valence-corrected chi connectivity index (χ3v) is 3.86. The van der Waals surface area contributed by atoms with Gasteiger partial charge < -0.3 is 10.1 Å². The van der Waals surface area contributed by atoms with Gasteiger partial charge in [-0.05, 0) is 25.0 Å². The molecule has 0 bridgehead atoms. The van der Waals surface area contributed by atoms with Crippen LogP contribution in [0.2, 0.25) is 0 Å². The monoisotopic (exact) mass is 301 g/mol. The minimum absolute atomic E-state index is 0.0736. The van der Waals surface area contributed by atoms with Crippen molar-refractivity contribution in [2.75, 3.05) is 13.2 Å². The van der Waals surface area contributed by atoms with Gasteiger partial charge in [0.05, 0.1) is 23.3 Å². The molecule has 1 saturated heterocycles. The van der Waals surface area contributed by atoms with Gasteiger partial charge in [0, 0.05) is 26.1 Å². The van der Waals surface area contributed by atoms with Gasteiger partial charge in [0.15, 0.2) is 0 Å². The van der Waals surface area contributed by atoms with Gasteiger partial charge in [0.1, 0.15) is 0 Å². The number of aromatic nitrogens is 2. The van der Waals surface area contributed by atoms with E-state index >= 15 is 0 Å². The van der Waals surface area contributed by atoms with Crippen molar-refractivity contribution in [1.29, 1.82) is 0 Å².